The van der Waals surface area contributed by atoms with Gasteiger partial charge in [-0.25, -0.2) is 4.79 Å². The predicted molar refractivity (Wildman–Crippen MR) is 73.7 cm³/mol. The molecule has 0 aliphatic rings. The molecule has 0 aromatic heterocycles. The number of Topliss-reactive ketones (excluding diaryl/α,β-unsaturated/α-hetero) is 1. The van der Waals surface area contributed by atoms with E-state index in [1.807, 2.05) is 0 Å². The lowest BCUT2D eigenvalue weighted by Gasteiger charge is -2.04. The lowest BCUT2D eigenvalue weighted by Crippen LogP contribution is -2.17. The van der Waals surface area contributed by atoms with E-state index in [0.717, 1.165) is 0 Å². The summed E-state index contributed by atoms with van der Waals surface area (Å²) in [5.74, 6) is -1.68. The number of esters is 1. The Labute approximate surface area is 120 Å². The third-order valence-electron chi connectivity index (χ3n) is 2.74. The maximum absolute atomic E-state index is 11.7. The van der Waals surface area contributed by atoms with E-state index < -0.39 is 16.7 Å². The summed E-state index contributed by atoms with van der Waals surface area (Å²) in [4.78, 5) is 33.3. The van der Waals surface area contributed by atoms with Crippen molar-refractivity contribution in [3.8, 4) is 0 Å². The summed E-state index contributed by atoms with van der Waals surface area (Å²) in [6, 6.07) is 13.6. The summed E-state index contributed by atoms with van der Waals surface area (Å²) >= 11 is 0. The predicted octanol–water partition coefficient (Wildman–Crippen LogP) is 2.52. The molecule has 0 N–H and O–H groups in total. The van der Waals surface area contributed by atoms with Gasteiger partial charge in [0, 0.05) is 17.7 Å². The molecule has 0 amide bonds. The quantitative estimate of drug-likeness (QED) is 0.277. The van der Waals surface area contributed by atoms with E-state index >= 15 is 0 Å². The number of hydrogen-bond acceptors (Lipinski definition) is 5. The Morgan fingerprint density at radius 1 is 1.00 bits per heavy atom. The van der Waals surface area contributed by atoms with Crippen LogP contribution in [-0.2, 0) is 16.1 Å². The van der Waals surface area contributed by atoms with Crippen LogP contribution in [0.3, 0.4) is 0 Å². The van der Waals surface area contributed by atoms with Gasteiger partial charge in [-0.05, 0) is 17.7 Å². The van der Waals surface area contributed by atoms with Crippen LogP contribution in [0, 0.1) is 10.1 Å². The van der Waals surface area contributed by atoms with Crippen molar-refractivity contribution in [2.75, 3.05) is 0 Å². The van der Waals surface area contributed by atoms with Gasteiger partial charge in [0.05, 0.1) is 4.92 Å². The third-order valence-corrected chi connectivity index (χ3v) is 2.74. The number of ketones is 1. The van der Waals surface area contributed by atoms with E-state index in [9.17, 15) is 19.7 Å². The summed E-state index contributed by atoms with van der Waals surface area (Å²) in [6.07, 6.45) is 0. The van der Waals surface area contributed by atoms with Crippen LogP contribution < -0.4 is 0 Å². The molecule has 2 rings (SSSR count). The molecule has 106 valence electrons. The summed E-state index contributed by atoms with van der Waals surface area (Å²) in [5, 5.41) is 10.5. The summed E-state index contributed by atoms with van der Waals surface area (Å²) in [6.45, 7) is -0.116. The van der Waals surface area contributed by atoms with Gasteiger partial charge in [0.25, 0.3) is 11.5 Å². The average Bonchev–Trinajstić information content (AvgIpc) is 2.53. The molecule has 0 atom stereocenters. The zero-order valence-corrected chi connectivity index (χ0v) is 10.9. The molecular weight excluding hydrogens is 274 g/mol. The number of ether oxygens (including phenoxy) is 1. The smallest absolute Gasteiger partial charge is 0.380 e. The van der Waals surface area contributed by atoms with Crippen LogP contribution in [0.5, 0.6) is 0 Å². The van der Waals surface area contributed by atoms with Crippen LogP contribution in [0.2, 0.25) is 0 Å². The molecule has 0 heterocycles. The number of rotatable bonds is 5. The van der Waals surface area contributed by atoms with Crippen molar-refractivity contribution in [3.05, 3.63) is 75.8 Å². The normalized spacial score (nSPS) is 9.90. The average molecular weight is 285 g/mol. The van der Waals surface area contributed by atoms with Gasteiger partial charge in [0.1, 0.15) is 6.61 Å². The number of nitro benzene ring substituents is 1. The second-order valence-corrected chi connectivity index (χ2v) is 4.19. The number of carbonyl (C=O) groups excluding carboxylic acids is 2. The first-order chi connectivity index (χ1) is 10.1. The van der Waals surface area contributed by atoms with Gasteiger partial charge < -0.3 is 4.74 Å². The van der Waals surface area contributed by atoms with Gasteiger partial charge >= 0.3 is 5.97 Å². The Morgan fingerprint density at radius 2 is 1.62 bits per heavy atom. The van der Waals surface area contributed by atoms with Crippen molar-refractivity contribution < 1.29 is 19.2 Å². The molecule has 0 spiro atoms. The molecule has 0 fully saturated rings. The van der Waals surface area contributed by atoms with Crippen molar-refractivity contribution in [1.82, 2.24) is 0 Å². The monoisotopic (exact) mass is 285 g/mol. The molecule has 0 aliphatic heterocycles. The van der Waals surface area contributed by atoms with Gasteiger partial charge in [0.2, 0.25) is 0 Å². The second kappa shape index (κ2) is 6.42. The van der Waals surface area contributed by atoms with E-state index in [-0.39, 0.29) is 17.9 Å². The molecule has 0 bridgehead atoms. The summed E-state index contributed by atoms with van der Waals surface area (Å²) in [5.41, 5.74) is 0.770. The van der Waals surface area contributed by atoms with Crippen LogP contribution in [0.15, 0.2) is 54.6 Å². The largest absolute Gasteiger partial charge is 0.455 e. The Bertz CT molecular complexity index is 664. The molecule has 2 aromatic carbocycles. The van der Waals surface area contributed by atoms with Crippen LogP contribution in [-0.4, -0.2) is 16.7 Å². The Balaban J connectivity index is 1.95. The summed E-state index contributed by atoms with van der Waals surface area (Å²) < 4.78 is 4.89. The van der Waals surface area contributed by atoms with E-state index in [1.54, 1.807) is 18.2 Å². The van der Waals surface area contributed by atoms with Crippen molar-refractivity contribution in [2.24, 2.45) is 0 Å². The highest BCUT2D eigenvalue weighted by atomic mass is 16.6. The van der Waals surface area contributed by atoms with Crippen LogP contribution >= 0.6 is 0 Å². The van der Waals surface area contributed by atoms with Crippen molar-refractivity contribution >= 4 is 17.4 Å². The lowest BCUT2D eigenvalue weighted by atomic mass is 10.1. The minimum atomic E-state index is -0.959. The lowest BCUT2D eigenvalue weighted by molar-refractivity contribution is -0.384. The standard InChI is InChI=1S/C15H11NO5/c17-14(12-4-2-1-3-5-12)15(18)21-10-11-6-8-13(9-7-11)16(19)20/h1-9H,10H2. The Kier molecular flexibility index (Phi) is 4.40. The topological polar surface area (TPSA) is 86.5 Å². The van der Waals surface area contributed by atoms with Gasteiger partial charge in [-0.15, -0.1) is 0 Å². The van der Waals surface area contributed by atoms with Crippen molar-refractivity contribution in [1.29, 1.82) is 0 Å². The highest BCUT2D eigenvalue weighted by Crippen LogP contribution is 2.13. The van der Waals surface area contributed by atoms with Gasteiger partial charge in [0.15, 0.2) is 0 Å². The zero-order valence-electron chi connectivity index (χ0n) is 10.9. The van der Waals surface area contributed by atoms with Crippen LogP contribution in [0.25, 0.3) is 0 Å². The number of nitro groups is 1. The molecule has 0 aliphatic carbocycles. The zero-order chi connectivity index (χ0) is 15.2. The number of nitrogens with zero attached hydrogens (tertiary/aromatic N) is 1. The maximum atomic E-state index is 11.7. The molecule has 21 heavy (non-hydrogen) atoms. The van der Waals surface area contributed by atoms with Gasteiger partial charge in [-0.2, -0.15) is 0 Å². The minimum Gasteiger partial charge on any atom is -0.455 e. The first kappa shape index (κ1) is 14.4. The molecule has 6 heteroatoms. The van der Waals surface area contributed by atoms with Crippen LogP contribution in [0.1, 0.15) is 15.9 Å². The highest BCUT2D eigenvalue weighted by Gasteiger charge is 2.17. The van der Waals surface area contributed by atoms with E-state index in [2.05, 4.69) is 0 Å². The first-order valence-corrected chi connectivity index (χ1v) is 6.08. The van der Waals surface area contributed by atoms with E-state index in [1.165, 1.54) is 36.4 Å². The Hall–Kier alpha value is -3.02. The van der Waals surface area contributed by atoms with E-state index in [4.69, 9.17) is 4.74 Å². The number of non-ortho nitro benzene ring substituents is 1. The molecule has 0 radical (unpaired) electrons. The van der Waals surface area contributed by atoms with Crippen LogP contribution in [0.4, 0.5) is 5.69 Å². The second-order valence-electron chi connectivity index (χ2n) is 4.19. The molecule has 0 saturated carbocycles. The molecule has 0 saturated heterocycles. The van der Waals surface area contributed by atoms with E-state index in [0.29, 0.717) is 5.56 Å². The SMILES string of the molecule is O=C(OCc1ccc([N+](=O)[O-])cc1)C(=O)c1ccccc1. The summed E-state index contributed by atoms with van der Waals surface area (Å²) in [7, 11) is 0. The number of hydrogen-bond donors (Lipinski definition) is 0. The van der Waals surface area contributed by atoms with Gasteiger partial charge in [-0.3, -0.25) is 14.9 Å². The van der Waals surface area contributed by atoms with Gasteiger partial charge in [-0.1, -0.05) is 30.3 Å². The number of carbonyl (C=O) groups is 2. The molecular formula is C15H11NO5. The third kappa shape index (κ3) is 3.73. The number of benzene rings is 2. The van der Waals surface area contributed by atoms with Crippen molar-refractivity contribution in [3.63, 3.8) is 0 Å². The fourth-order valence-corrected chi connectivity index (χ4v) is 1.64. The first-order valence-electron chi connectivity index (χ1n) is 6.08. The maximum Gasteiger partial charge on any atom is 0.380 e. The molecule has 0 unspecified atom stereocenters. The molecule has 2 aromatic rings. The fourth-order valence-electron chi connectivity index (χ4n) is 1.64. The molecule has 6 nitrogen and oxygen atoms in total. The highest BCUT2D eigenvalue weighted by molar-refractivity contribution is 6.40. The minimum absolute atomic E-state index is 0.0505. The Morgan fingerprint density at radius 3 is 2.19 bits per heavy atom. The van der Waals surface area contributed by atoms with Crippen molar-refractivity contribution in [2.45, 2.75) is 6.61 Å². The fraction of sp³-hybridized carbons (Fsp3) is 0.0667.